The molecule has 2 N–H and O–H groups in total. The molecule has 3 aromatic rings. The van der Waals surface area contributed by atoms with E-state index < -0.39 is 5.41 Å². The lowest BCUT2D eigenvalue weighted by Crippen LogP contribution is -2.45. The highest BCUT2D eigenvalue weighted by Gasteiger charge is 2.42. The van der Waals surface area contributed by atoms with E-state index in [1.54, 1.807) is 14.2 Å². The van der Waals surface area contributed by atoms with E-state index in [1.807, 2.05) is 48.5 Å². The van der Waals surface area contributed by atoms with E-state index in [9.17, 15) is 4.79 Å². The highest BCUT2D eigenvalue weighted by molar-refractivity contribution is 5.98. The third kappa shape index (κ3) is 3.73. The summed E-state index contributed by atoms with van der Waals surface area (Å²) < 4.78 is 16.2. The fourth-order valence-electron chi connectivity index (χ4n) is 3.78. The second kappa shape index (κ2) is 8.54. The Kier molecular flexibility index (Phi) is 5.67. The van der Waals surface area contributed by atoms with Crippen molar-refractivity contribution in [2.24, 2.45) is 0 Å². The van der Waals surface area contributed by atoms with Crippen molar-refractivity contribution >= 4 is 11.9 Å². The maximum Gasteiger partial charge on any atom is 0.249 e. The summed E-state index contributed by atoms with van der Waals surface area (Å²) in [4.78, 5) is 17.8. The zero-order valence-electron chi connectivity index (χ0n) is 17.0. The summed E-state index contributed by atoms with van der Waals surface area (Å²) in [6.07, 6.45) is 1.16. The van der Waals surface area contributed by atoms with Gasteiger partial charge in [0.15, 0.2) is 5.82 Å². The number of ether oxygens (including phenoxy) is 3. The average molecular weight is 408 g/mol. The first-order valence-electron chi connectivity index (χ1n) is 9.76. The lowest BCUT2D eigenvalue weighted by atomic mass is 9.73. The van der Waals surface area contributed by atoms with Crippen LogP contribution in [0.4, 0.5) is 5.95 Å². The number of carbonyl (C=O) groups is 1. The van der Waals surface area contributed by atoms with Crippen LogP contribution in [0.15, 0.2) is 48.5 Å². The van der Waals surface area contributed by atoms with Gasteiger partial charge in [0.1, 0.15) is 11.5 Å². The van der Waals surface area contributed by atoms with Crippen molar-refractivity contribution in [1.29, 1.82) is 0 Å². The molecule has 2 aromatic carbocycles. The van der Waals surface area contributed by atoms with Crippen LogP contribution in [0, 0.1) is 0 Å². The molecule has 0 spiro atoms. The number of carbonyl (C=O) groups excluding carboxylic acids is 1. The second-order valence-electron chi connectivity index (χ2n) is 7.09. The van der Waals surface area contributed by atoms with Gasteiger partial charge in [0, 0.05) is 13.2 Å². The Balaban J connectivity index is 1.60. The van der Waals surface area contributed by atoms with Crippen LogP contribution in [0.5, 0.6) is 11.5 Å². The van der Waals surface area contributed by atoms with Gasteiger partial charge in [-0.05, 0) is 42.7 Å². The summed E-state index contributed by atoms with van der Waals surface area (Å²) in [5.74, 6) is 2.01. The van der Waals surface area contributed by atoms with Crippen LogP contribution >= 0.6 is 0 Å². The number of para-hydroxylation sites is 1. The molecular formula is C22H24N4O4. The number of benzene rings is 2. The van der Waals surface area contributed by atoms with E-state index in [0.29, 0.717) is 37.6 Å². The smallest absolute Gasteiger partial charge is 0.249 e. The van der Waals surface area contributed by atoms with E-state index in [0.717, 1.165) is 16.9 Å². The Morgan fingerprint density at radius 3 is 2.50 bits per heavy atom. The van der Waals surface area contributed by atoms with E-state index >= 15 is 0 Å². The molecule has 0 unspecified atom stereocenters. The van der Waals surface area contributed by atoms with Gasteiger partial charge in [0.2, 0.25) is 11.9 Å². The largest absolute Gasteiger partial charge is 0.497 e. The summed E-state index contributed by atoms with van der Waals surface area (Å²) in [6, 6.07) is 15.1. The zero-order valence-corrected chi connectivity index (χ0v) is 17.0. The van der Waals surface area contributed by atoms with Gasteiger partial charge in [-0.15, -0.1) is 5.10 Å². The predicted octanol–water partition coefficient (Wildman–Crippen LogP) is 3.18. The number of aromatic amines is 1. The number of rotatable bonds is 6. The molecule has 0 atom stereocenters. The van der Waals surface area contributed by atoms with Crippen LogP contribution in [-0.4, -0.2) is 48.5 Å². The third-order valence-electron chi connectivity index (χ3n) is 5.50. The zero-order chi connectivity index (χ0) is 21.0. The molecule has 0 aliphatic carbocycles. The molecule has 1 aliphatic rings. The molecule has 0 radical (unpaired) electrons. The van der Waals surface area contributed by atoms with Gasteiger partial charge in [-0.25, -0.2) is 0 Å². The van der Waals surface area contributed by atoms with E-state index in [-0.39, 0.29) is 11.9 Å². The van der Waals surface area contributed by atoms with E-state index in [4.69, 9.17) is 14.2 Å². The van der Waals surface area contributed by atoms with E-state index in [2.05, 4.69) is 20.5 Å². The molecule has 1 saturated heterocycles. The normalized spacial score (nSPS) is 15.4. The quantitative estimate of drug-likeness (QED) is 0.650. The lowest BCUT2D eigenvalue weighted by molar-refractivity contribution is -0.125. The number of hydrogen-bond donors (Lipinski definition) is 2. The van der Waals surface area contributed by atoms with Crippen molar-refractivity contribution in [3.63, 3.8) is 0 Å². The number of methoxy groups -OCH3 is 2. The summed E-state index contributed by atoms with van der Waals surface area (Å²) in [5, 5.41) is 9.94. The Morgan fingerprint density at radius 2 is 1.80 bits per heavy atom. The van der Waals surface area contributed by atoms with Crippen molar-refractivity contribution in [2.75, 3.05) is 32.8 Å². The van der Waals surface area contributed by atoms with Crippen molar-refractivity contribution in [3.05, 3.63) is 54.1 Å². The molecule has 1 fully saturated rings. The maximum absolute atomic E-state index is 13.4. The molecule has 1 aliphatic heterocycles. The lowest BCUT2D eigenvalue weighted by Gasteiger charge is -2.35. The first-order chi connectivity index (χ1) is 14.7. The predicted molar refractivity (Wildman–Crippen MR) is 112 cm³/mol. The highest BCUT2D eigenvalue weighted by atomic mass is 16.5. The summed E-state index contributed by atoms with van der Waals surface area (Å²) >= 11 is 0. The third-order valence-corrected chi connectivity index (χ3v) is 5.50. The topological polar surface area (TPSA) is 98.4 Å². The minimum absolute atomic E-state index is 0.151. The monoisotopic (exact) mass is 408 g/mol. The number of H-pyrrole nitrogens is 1. The number of anilines is 1. The molecule has 156 valence electrons. The Bertz CT molecular complexity index is 1010. The number of aromatic nitrogens is 3. The minimum atomic E-state index is -0.713. The molecule has 0 saturated carbocycles. The summed E-state index contributed by atoms with van der Waals surface area (Å²) in [7, 11) is 3.22. The Hall–Kier alpha value is -3.39. The van der Waals surface area contributed by atoms with Crippen molar-refractivity contribution in [2.45, 2.75) is 18.3 Å². The molecule has 1 amide bonds. The molecule has 1 aromatic heterocycles. The summed E-state index contributed by atoms with van der Waals surface area (Å²) in [5.41, 5.74) is 0.976. The number of nitrogens with zero attached hydrogens (tertiary/aromatic N) is 2. The standard InChI is InChI=1S/C22H24N4O4/c1-28-16-9-7-15(8-10-16)22(11-13-30-14-12-22)20(27)24-21-23-19(25-26-21)17-5-3-4-6-18(17)29-2/h3-10H,11-14H2,1-2H3,(H2,23,24,25,26,27). The van der Waals surface area contributed by atoms with Crippen LogP contribution in [0.3, 0.4) is 0 Å². The van der Waals surface area contributed by atoms with E-state index in [1.165, 1.54) is 0 Å². The van der Waals surface area contributed by atoms with Crippen molar-refractivity contribution in [1.82, 2.24) is 15.2 Å². The maximum atomic E-state index is 13.4. The molecule has 4 rings (SSSR count). The van der Waals surface area contributed by atoms with Crippen LogP contribution < -0.4 is 14.8 Å². The fraction of sp³-hybridized carbons (Fsp3) is 0.318. The van der Waals surface area contributed by atoms with Gasteiger partial charge < -0.3 is 14.2 Å². The number of amides is 1. The van der Waals surface area contributed by atoms with Crippen LogP contribution in [0.1, 0.15) is 18.4 Å². The van der Waals surface area contributed by atoms with Gasteiger partial charge in [0.25, 0.3) is 0 Å². The van der Waals surface area contributed by atoms with Crippen LogP contribution in [-0.2, 0) is 14.9 Å². The van der Waals surface area contributed by atoms with Crippen molar-refractivity contribution < 1.29 is 19.0 Å². The molecular weight excluding hydrogens is 384 g/mol. The molecule has 2 heterocycles. The van der Waals surface area contributed by atoms with Gasteiger partial charge in [-0.1, -0.05) is 24.3 Å². The summed E-state index contributed by atoms with van der Waals surface area (Å²) in [6.45, 7) is 1.03. The molecule has 8 nitrogen and oxygen atoms in total. The minimum Gasteiger partial charge on any atom is -0.497 e. The van der Waals surface area contributed by atoms with Gasteiger partial charge in [0.05, 0.1) is 25.2 Å². The number of nitrogens with one attached hydrogen (secondary N) is 2. The van der Waals surface area contributed by atoms with Crippen LogP contribution in [0.25, 0.3) is 11.4 Å². The number of hydrogen-bond acceptors (Lipinski definition) is 6. The Labute approximate surface area is 174 Å². The van der Waals surface area contributed by atoms with Gasteiger partial charge in [-0.2, -0.15) is 4.98 Å². The molecule has 30 heavy (non-hydrogen) atoms. The van der Waals surface area contributed by atoms with Crippen LogP contribution in [0.2, 0.25) is 0 Å². The second-order valence-corrected chi connectivity index (χ2v) is 7.09. The molecule has 0 bridgehead atoms. The van der Waals surface area contributed by atoms with Gasteiger partial charge >= 0.3 is 0 Å². The van der Waals surface area contributed by atoms with Gasteiger partial charge in [-0.3, -0.25) is 15.2 Å². The average Bonchev–Trinajstić information content (AvgIpc) is 3.27. The highest BCUT2D eigenvalue weighted by Crippen LogP contribution is 2.37. The first kappa shape index (κ1) is 19.9. The SMILES string of the molecule is COc1ccc(C2(C(=O)Nc3n[nH]c(-c4ccccc4OC)n3)CCOCC2)cc1. The Morgan fingerprint density at radius 1 is 1.07 bits per heavy atom. The fourth-order valence-corrected chi connectivity index (χ4v) is 3.78. The first-order valence-corrected chi connectivity index (χ1v) is 9.76. The molecule has 8 heteroatoms. The van der Waals surface area contributed by atoms with Crippen molar-refractivity contribution in [3.8, 4) is 22.9 Å².